The Bertz CT molecular complexity index is 4070. The number of hydrogen-bond acceptors (Lipinski definition) is 8. The zero-order chi connectivity index (χ0) is 73.1. The van der Waals surface area contributed by atoms with Crippen LogP contribution >= 0.6 is 45.3 Å². The summed E-state index contributed by atoms with van der Waals surface area (Å²) in [6.07, 6.45) is 54.6. The maximum absolute atomic E-state index is 16.7. The Morgan fingerprint density at radius 3 is 0.830 bits per heavy atom. The van der Waals surface area contributed by atoms with Crippen LogP contribution in [0.15, 0.2) is 157 Å². The quantitative estimate of drug-likeness (QED) is 0.0281. The van der Waals surface area contributed by atoms with Crippen molar-refractivity contribution in [3.8, 4) is 40.4 Å². The van der Waals surface area contributed by atoms with Crippen molar-refractivity contribution in [3.63, 3.8) is 0 Å². The number of thiazole rings is 2. The van der Waals surface area contributed by atoms with Crippen LogP contribution in [0.25, 0.3) is 94.9 Å². The predicted octanol–water partition coefficient (Wildman–Crippen LogP) is 30.7. The number of thiophene rings is 2. The minimum Gasteiger partial charge on any atom is -0.304 e. The molecule has 2 amide bonds. The van der Waals surface area contributed by atoms with Gasteiger partial charge in [-0.15, -0.1) is 45.3 Å². The molecule has 0 fully saturated rings. The number of benzene rings is 6. The second-order valence-electron chi connectivity index (χ2n) is 31.3. The molecule has 10 aromatic rings. The lowest BCUT2D eigenvalue weighted by atomic mass is 9.93. The van der Waals surface area contributed by atoms with Crippen LogP contribution < -0.4 is 0 Å². The highest BCUT2D eigenvalue weighted by Gasteiger charge is 2.51. The fourth-order valence-corrected chi connectivity index (χ4v) is 21.4. The summed E-state index contributed by atoms with van der Waals surface area (Å²) in [4.78, 5) is 55.3. The summed E-state index contributed by atoms with van der Waals surface area (Å²) in [5.74, 6) is 0.469. The van der Waals surface area contributed by atoms with E-state index in [9.17, 15) is 0 Å². The van der Waals surface area contributed by atoms with E-state index in [4.69, 9.17) is 9.97 Å². The van der Waals surface area contributed by atoms with Crippen LogP contribution in [0.1, 0.15) is 295 Å². The first-order valence-electron chi connectivity index (χ1n) is 42.4. The number of carbonyl (C=O) groups is 2. The zero-order valence-electron chi connectivity index (χ0n) is 64.9. The van der Waals surface area contributed by atoms with Crippen LogP contribution in [0.3, 0.4) is 0 Å². The summed E-state index contributed by atoms with van der Waals surface area (Å²) < 4.78 is 0. The maximum Gasteiger partial charge on any atom is 0.261 e. The van der Waals surface area contributed by atoms with Crippen LogP contribution in [0.2, 0.25) is 0 Å². The average molecular weight is 1490 g/mol. The van der Waals surface area contributed by atoms with E-state index in [1.54, 1.807) is 22.7 Å². The molecular formula is C96H122N4O2S4. The molecule has 0 saturated heterocycles. The van der Waals surface area contributed by atoms with Crippen molar-refractivity contribution in [1.82, 2.24) is 19.8 Å². The SMILES string of the molecule is CCCCCCCCCCCCC(CCCCCCCCCC)CN1C(=O)C2=C(c3ncc(-c4ccc(-c5c6ccccc6cc6ccccc56)s4)s3)N(CC(CCCCCCCCCC)CCCCCCCCCCCC)C(=O)C2=C1c1ncc(-c2ccc(-c3c4ccccc4cc4ccccc34)s2)s1. The first kappa shape index (κ1) is 79.0. The largest absolute Gasteiger partial charge is 0.304 e. The van der Waals surface area contributed by atoms with Crippen molar-refractivity contribution in [2.75, 3.05) is 13.1 Å². The number of hydrogen-bond donors (Lipinski definition) is 0. The molecule has 2 atom stereocenters. The molecule has 0 N–H and O–H groups in total. The highest BCUT2D eigenvalue weighted by Crippen LogP contribution is 2.52. The van der Waals surface area contributed by atoms with E-state index >= 15 is 9.59 Å². The molecule has 0 saturated carbocycles. The van der Waals surface area contributed by atoms with Crippen LogP contribution in [-0.4, -0.2) is 44.7 Å². The van der Waals surface area contributed by atoms with Crippen molar-refractivity contribution in [1.29, 1.82) is 0 Å². The number of aromatic nitrogens is 2. The third-order valence-corrected chi connectivity index (χ3v) is 27.7. The Balaban J connectivity index is 0.926. The van der Waals surface area contributed by atoms with E-state index in [0.717, 1.165) is 92.3 Å². The molecule has 0 aliphatic carbocycles. The lowest BCUT2D eigenvalue weighted by Gasteiger charge is -2.29. The number of amides is 2. The van der Waals surface area contributed by atoms with Crippen molar-refractivity contribution < 1.29 is 9.59 Å². The molecule has 562 valence electrons. The monoisotopic (exact) mass is 1490 g/mol. The van der Waals surface area contributed by atoms with E-state index in [1.807, 2.05) is 35.1 Å². The van der Waals surface area contributed by atoms with Gasteiger partial charge in [0.25, 0.3) is 11.8 Å². The van der Waals surface area contributed by atoms with Gasteiger partial charge in [-0.25, -0.2) is 9.97 Å². The molecular weight excluding hydrogens is 1370 g/mol. The Labute approximate surface area is 653 Å². The number of rotatable bonds is 50. The molecule has 10 heteroatoms. The molecule has 0 radical (unpaired) electrons. The van der Waals surface area contributed by atoms with E-state index < -0.39 is 0 Å². The fourth-order valence-electron chi connectivity index (χ4n) is 17.1. The standard InChI is InChI=1S/C96H122N4O2S4/c1-5-9-13-17-21-25-27-31-35-39-51-71(49-37-33-29-23-19-15-11-7-3)69-99-91(93-97-67-85(105-93)81-61-63-83(103-81)87-77-57-45-41-53-73(77)65-74-54-42-46-58-78(74)87)89-90(95(99)101)92(100(96(89)102)70-72(50-38-34-30-24-20-16-12-8-4)52-40-36-32-28-26-22-18-14-10-6-2)94-98-68-86(106-94)82-62-64-84(104-82)88-79-59-47-43-55-75(79)66-76-56-44-48-60-80(76)88/h41-48,53-68,71-72H,5-40,49-52,69-70H2,1-4H3. The Hall–Kier alpha value is -6.56. The summed E-state index contributed by atoms with van der Waals surface area (Å²) in [5.41, 5.74) is 5.04. The van der Waals surface area contributed by atoms with Crippen LogP contribution in [-0.2, 0) is 9.59 Å². The normalized spacial score (nSPS) is 14.0. The van der Waals surface area contributed by atoms with Crippen LogP contribution in [0.4, 0.5) is 0 Å². The van der Waals surface area contributed by atoms with E-state index in [-0.39, 0.29) is 23.7 Å². The molecule has 6 nitrogen and oxygen atoms in total. The summed E-state index contributed by atoms with van der Waals surface area (Å²) >= 11 is 6.93. The van der Waals surface area contributed by atoms with Crippen LogP contribution in [0, 0.1) is 11.8 Å². The second-order valence-corrected chi connectivity index (χ2v) is 35.5. The fraction of sp³-hybridized carbons (Fsp3) is 0.500. The van der Waals surface area contributed by atoms with E-state index in [1.165, 1.54) is 269 Å². The van der Waals surface area contributed by atoms with Crippen molar-refractivity contribution in [2.24, 2.45) is 11.8 Å². The van der Waals surface area contributed by atoms with Crippen molar-refractivity contribution in [3.05, 3.63) is 167 Å². The molecule has 2 aliphatic rings. The van der Waals surface area contributed by atoms with Gasteiger partial charge in [0.1, 0.15) is 10.0 Å². The Morgan fingerprint density at radius 1 is 0.292 bits per heavy atom. The number of fused-ring (bicyclic) bond motifs is 5. The zero-order valence-corrected chi connectivity index (χ0v) is 68.2. The van der Waals surface area contributed by atoms with Gasteiger partial charge in [-0.3, -0.25) is 9.59 Å². The van der Waals surface area contributed by atoms with Gasteiger partial charge in [-0.2, -0.15) is 0 Å². The number of nitrogens with zero attached hydrogens (tertiary/aromatic N) is 4. The van der Waals surface area contributed by atoms with Gasteiger partial charge in [0.15, 0.2) is 0 Å². The topological polar surface area (TPSA) is 66.4 Å². The number of carbonyl (C=O) groups excluding carboxylic acids is 2. The van der Waals surface area contributed by atoms with Crippen molar-refractivity contribution in [2.45, 2.75) is 285 Å². The lowest BCUT2D eigenvalue weighted by Crippen LogP contribution is -2.35. The smallest absolute Gasteiger partial charge is 0.261 e. The third kappa shape index (κ3) is 20.7. The van der Waals surface area contributed by atoms with Gasteiger partial charge < -0.3 is 9.80 Å². The van der Waals surface area contributed by atoms with Crippen molar-refractivity contribution >= 4 is 112 Å². The highest BCUT2D eigenvalue weighted by molar-refractivity contribution is 7.25. The molecule has 6 aromatic carbocycles. The highest BCUT2D eigenvalue weighted by atomic mass is 32.1. The summed E-state index contributed by atoms with van der Waals surface area (Å²) in [7, 11) is 0. The molecule has 12 rings (SSSR count). The minimum absolute atomic E-state index is 0.0508. The van der Waals surface area contributed by atoms with Gasteiger partial charge >= 0.3 is 0 Å². The average Bonchev–Trinajstić information content (AvgIpc) is 1.56. The molecule has 4 aromatic heterocycles. The molecule has 2 aliphatic heterocycles. The molecule has 0 bridgehead atoms. The first-order valence-corrected chi connectivity index (χ1v) is 45.7. The van der Waals surface area contributed by atoms with E-state index in [2.05, 4.69) is 171 Å². The van der Waals surface area contributed by atoms with Gasteiger partial charge in [-0.1, -0.05) is 356 Å². The predicted molar refractivity (Wildman–Crippen MR) is 463 cm³/mol. The van der Waals surface area contributed by atoms with Crippen LogP contribution in [0.5, 0.6) is 0 Å². The molecule has 106 heavy (non-hydrogen) atoms. The van der Waals surface area contributed by atoms with Gasteiger partial charge in [0.05, 0.1) is 32.3 Å². The van der Waals surface area contributed by atoms with E-state index in [0.29, 0.717) is 24.2 Å². The summed E-state index contributed by atoms with van der Waals surface area (Å²) in [6.45, 7) is 10.4. The number of unbranched alkanes of at least 4 members (excludes halogenated alkanes) is 32. The summed E-state index contributed by atoms with van der Waals surface area (Å²) in [5, 5.41) is 11.4. The van der Waals surface area contributed by atoms with Gasteiger partial charge in [0.2, 0.25) is 0 Å². The lowest BCUT2D eigenvalue weighted by molar-refractivity contribution is -0.124. The molecule has 6 heterocycles. The third-order valence-electron chi connectivity index (χ3n) is 23.1. The Kier molecular flexibility index (Phi) is 31.2. The van der Waals surface area contributed by atoms with Gasteiger partial charge in [0, 0.05) is 56.1 Å². The maximum atomic E-state index is 16.7. The van der Waals surface area contributed by atoms with Gasteiger partial charge in [-0.05, 0) is 117 Å². The molecule has 2 unspecified atom stereocenters. The first-order chi connectivity index (χ1) is 52.3. The molecule has 0 spiro atoms. The second kappa shape index (κ2) is 41.9. The summed E-state index contributed by atoms with van der Waals surface area (Å²) in [6, 6.07) is 48.9. The Morgan fingerprint density at radius 2 is 0.547 bits per heavy atom. The minimum atomic E-state index is -0.0508.